The molecule has 0 spiro atoms. The molecular weight excluding hydrogens is 154 g/mol. The molecule has 0 aromatic rings. The van der Waals surface area contributed by atoms with Crippen LogP contribution in [0.5, 0.6) is 0 Å². The zero-order chi connectivity index (χ0) is 7.78. The van der Waals surface area contributed by atoms with Gasteiger partial charge in [-0.15, -0.1) is 0 Å². The summed E-state index contributed by atoms with van der Waals surface area (Å²) in [6, 6.07) is 0. The summed E-state index contributed by atoms with van der Waals surface area (Å²) in [5, 5.41) is 0. The maximum absolute atomic E-state index is 10.6. The largest absolute Gasteiger partial charge is 0.368 e. The molecule has 1 atom stereocenters. The molecule has 0 aliphatic heterocycles. The van der Waals surface area contributed by atoms with Crippen LogP contribution in [-0.4, -0.2) is 19.4 Å². The van der Waals surface area contributed by atoms with Gasteiger partial charge in [0.15, 0.2) is 11.1 Å². The zero-order valence-corrected chi connectivity index (χ0v) is 6.19. The molecule has 3 N–H and O–H groups in total. The van der Waals surface area contributed by atoms with E-state index in [1.807, 2.05) is 0 Å². The van der Waals surface area contributed by atoms with Crippen LogP contribution in [0, 0.1) is 0 Å². The average molecular weight is 163 g/mol. The summed E-state index contributed by atoms with van der Waals surface area (Å²) in [5.74, 6) is -0.653. The second kappa shape index (κ2) is 2.32. The van der Waals surface area contributed by atoms with Crippen LogP contribution in [0.15, 0.2) is 0 Å². The van der Waals surface area contributed by atoms with Gasteiger partial charge in [-0.2, -0.15) is 0 Å². The molecule has 1 unspecified atom stereocenters. The van der Waals surface area contributed by atoms with Crippen molar-refractivity contribution in [1.82, 2.24) is 0 Å². The third-order valence-corrected chi connectivity index (χ3v) is 3.22. The third kappa shape index (κ3) is 0.856. The molecule has 1 rings (SSSR count). The number of carbonyl (C=O) groups excluding carboxylic acids is 1. The van der Waals surface area contributed by atoms with Crippen molar-refractivity contribution < 1.29 is 13.6 Å². The zero-order valence-electron chi connectivity index (χ0n) is 5.37. The fraction of sp³-hybridized carbons (Fsp3) is 0.800. The quantitative estimate of drug-likeness (QED) is 0.544. The second-order valence-electron chi connectivity index (χ2n) is 2.46. The number of amides is 1. The Labute approximate surface area is 61.1 Å². The summed E-state index contributed by atoms with van der Waals surface area (Å²) >= 11 is -2.09. The summed E-state index contributed by atoms with van der Waals surface area (Å²) in [5.41, 5.74) is 4.94. The minimum absolute atomic E-state index is 0.450. The van der Waals surface area contributed by atoms with Crippen molar-refractivity contribution in [3.8, 4) is 0 Å². The van der Waals surface area contributed by atoms with Crippen molar-refractivity contribution in [3.63, 3.8) is 0 Å². The number of rotatable bonds is 2. The van der Waals surface area contributed by atoms with Crippen LogP contribution in [0.2, 0.25) is 0 Å². The van der Waals surface area contributed by atoms with Crippen molar-refractivity contribution in [2.45, 2.75) is 24.0 Å². The molecule has 0 heterocycles. The molecule has 1 aliphatic carbocycles. The molecule has 0 bridgehead atoms. The number of hydrogen-bond acceptors (Lipinski definition) is 2. The Bertz CT molecular complexity index is 171. The lowest BCUT2D eigenvalue weighted by Crippen LogP contribution is -2.52. The molecule has 0 saturated heterocycles. The summed E-state index contributed by atoms with van der Waals surface area (Å²) in [4.78, 5) is 10.6. The fourth-order valence-electron chi connectivity index (χ4n) is 1.00. The summed E-state index contributed by atoms with van der Waals surface area (Å²) in [6.07, 6.45) is 1.71. The third-order valence-electron chi connectivity index (χ3n) is 1.94. The van der Waals surface area contributed by atoms with Crippen LogP contribution >= 0.6 is 0 Å². The van der Waals surface area contributed by atoms with E-state index in [1.165, 1.54) is 0 Å². The van der Waals surface area contributed by atoms with Crippen LogP contribution in [0.4, 0.5) is 0 Å². The number of nitrogens with two attached hydrogens (primary N) is 1. The van der Waals surface area contributed by atoms with Gasteiger partial charge in [-0.1, -0.05) is 0 Å². The lowest BCUT2D eigenvalue weighted by Gasteiger charge is -2.34. The highest BCUT2D eigenvalue weighted by Crippen LogP contribution is 2.36. The first-order valence-electron chi connectivity index (χ1n) is 3.00. The van der Waals surface area contributed by atoms with Gasteiger partial charge in [-0.05, 0) is 19.3 Å². The molecule has 1 amide bonds. The number of carbonyl (C=O) groups is 1. The number of hydrogen-bond donors (Lipinski definition) is 2. The maximum Gasteiger partial charge on any atom is 0.238 e. The SMILES string of the molecule is NC(=O)C1(S(=O)O)CCC1. The van der Waals surface area contributed by atoms with Crippen LogP contribution < -0.4 is 5.73 Å². The van der Waals surface area contributed by atoms with E-state index in [9.17, 15) is 9.00 Å². The predicted molar refractivity (Wildman–Crippen MR) is 36.5 cm³/mol. The summed E-state index contributed by atoms with van der Waals surface area (Å²) in [7, 11) is 0. The fourth-order valence-corrected chi connectivity index (χ4v) is 1.81. The Balaban J connectivity index is 2.78. The molecule has 0 aromatic carbocycles. The molecule has 1 saturated carbocycles. The Hall–Kier alpha value is -0.420. The average Bonchev–Trinajstić information content (AvgIpc) is 1.57. The van der Waals surface area contributed by atoms with Gasteiger partial charge in [0.25, 0.3) is 0 Å². The molecule has 0 radical (unpaired) electrons. The minimum Gasteiger partial charge on any atom is -0.368 e. The monoisotopic (exact) mass is 163 g/mol. The normalized spacial score (nSPS) is 24.9. The Morgan fingerprint density at radius 2 is 2.10 bits per heavy atom. The van der Waals surface area contributed by atoms with E-state index in [4.69, 9.17) is 10.3 Å². The van der Waals surface area contributed by atoms with Gasteiger partial charge in [-0.25, -0.2) is 4.21 Å². The van der Waals surface area contributed by atoms with E-state index in [-0.39, 0.29) is 0 Å². The molecule has 1 fully saturated rings. The van der Waals surface area contributed by atoms with Gasteiger partial charge in [0.2, 0.25) is 5.91 Å². The topological polar surface area (TPSA) is 80.4 Å². The van der Waals surface area contributed by atoms with Gasteiger partial charge in [0.1, 0.15) is 4.75 Å². The first-order valence-corrected chi connectivity index (χ1v) is 4.11. The van der Waals surface area contributed by atoms with Gasteiger partial charge < -0.3 is 10.3 Å². The van der Waals surface area contributed by atoms with Crippen molar-refractivity contribution in [3.05, 3.63) is 0 Å². The molecule has 0 aromatic heterocycles. The lowest BCUT2D eigenvalue weighted by atomic mass is 9.84. The van der Waals surface area contributed by atoms with Crippen molar-refractivity contribution in [1.29, 1.82) is 0 Å². The lowest BCUT2D eigenvalue weighted by molar-refractivity contribution is -0.122. The second-order valence-corrected chi connectivity index (χ2v) is 3.74. The van der Waals surface area contributed by atoms with Gasteiger partial charge in [0.05, 0.1) is 0 Å². The van der Waals surface area contributed by atoms with Crippen LogP contribution in [0.25, 0.3) is 0 Å². The highest BCUT2D eigenvalue weighted by Gasteiger charge is 2.48. The van der Waals surface area contributed by atoms with Crippen LogP contribution in [-0.2, 0) is 15.9 Å². The van der Waals surface area contributed by atoms with Crippen LogP contribution in [0.1, 0.15) is 19.3 Å². The van der Waals surface area contributed by atoms with Crippen molar-refractivity contribution in [2.24, 2.45) is 5.73 Å². The molecular formula is C5H9NO3S. The Morgan fingerprint density at radius 1 is 1.60 bits per heavy atom. The van der Waals surface area contributed by atoms with Crippen molar-refractivity contribution >= 4 is 17.0 Å². The maximum atomic E-state index is 10.6. The number of primary amides is 1. The minimum atomic E-state index is -2.09. The molecule has 10 heavy (non-hydrogen) atoms. The van der Waals surface area contributed by atoms with E-state index >= 15 is 0 Å². The molecule has 5 heteroatoms. The van der Waals surface area contributed by atoms with Gasteiger partial charge in [0, 0.05) is 0 Å². The predicted octanol–water partition coefficient (Wildman–Crippen LogP) is -0.384. The van der Waals surface area contributed by atoms with Gasteiger partial charge in [-0.3, -0.25) is 4.79 Å². The Kier molecular flexibility index (Phi) is 1.78. The summed E-state index contributed by atoms with van der Waals surface area (Å²) in [6.45, 7) is 0. The molecule has 1 aliphatic rings. The Morgan fingerprint density at radius 3 is 2.10 bits per heavy atom. The van der Waals surface area contributed by atoms with E-state index in [1.54, 1.807) is 0 Å². The summed E-state index contributed by atoms with van der Waals surface area (Å²) < 4.78 is 18.1. The van der Waals surface area contributed by atoms with Gasteiger partial charge >= 0.3 is 0 Å². The van der Waals surface area contributed by atoms with E-state index in [2.05, 4.69) is 0 Å². The standard InChI is InChI=1S/C5H9NO3S/c6-4(7)5(10(8)9)2-1-3-5/h1-3H2,(H2,6,7)(H,8,9). The highest BCUT2D eigenvalue weighted by molar-refractivity contribution is 7.81. The van der Waals surface area contributed by atoms with E-state index in [0.717, 1.165) is 6.42 Å². The molecule has 4 nitrogen and oxygen atoms in total. The first-order chi connectivity index (χ1) is 4.59. The van der Waals surface area contributed by atoms with E-state index < -0.39 is 21.7 Å². The van der Waals surface area contributed by atoms with E-state index in [0.29, 0.717) is 12.8 Å². The van der Waals surface area contributed by atoms with Crippen molar-refractivity contribution in [2.75, 3.05) is 0 Å². The van der Waals surface area contributed by atoms with Crippen LogP contribution in [0.3, 0.4) is 0 Å². The smallest absolute Gasteiger partial charge is 0.238 e. The molecule has 58 valence electrons. The highest BCUT2D eigenvalue weighted by atomic mass is 32.2. The first kappa shape index (κ1) is 7.68.